The van der Waals surface area contributed by atoms with Gasteiger partial charge in [-0.1, -0.05) is 12.1 Å². The molecule has 0 saturated heterocycles. The molecule has 1 heterocycles. The number of hydrogen-bond acceptors (Lipinski definition) is 6. The van der Waals surface area contributed by atoms with Gasteiger partial charge in [-0.2, -0.15) is 5.26 Å². The van der Waals surface area contributed by atoms with Crippen molar-refractivity contribution in [2.45, 2.75) is 13.5 Å². The number of ether oxygens (including phenoxy) is 4. The highest BCUT2D eigenvalue weighted by molar-refractivity contribution is 6.01. The van der Waals surface area contributed by atoms with E-state index in [2.05, 4.69) is 5.32 Å². The molecule has 1 aliphatic rings. The molecule has 0 saturated carbocycles. The average Bonchev–Trinajstić information content (AvgIpc) is 3.19. The maximum absolute atomic E-state index is 12.4. The van der Waals surface area contributed by atoms with Crippen molar-refractivity contribution in [1.82, 2.24) is 5.32 Å². The highest BCUT2D eigenvalue weighted by Gasteiger charge is 2.14. The summed E-state index contributed by atoms with van der Waals surface area (Å²) in [6.07, 6.45) is 1.51. The number of amides is 1. The zero-order valence-corrected chi connectivity index (χ0v) is 15.7. The molecule has 0 radical (unpaired) electrons. The van der Waals surface area contributed by atoms with Crippen molar-refractivity contribution >= 4 is 12.0 Å². The van der Waals surface area contributed by atoms with Crippen LogP contribution < -0.4 is 24.3 Å². The molecule has 1 amide bonds. The summed E-state index contributed by atoms with van der Waals surface area (Å²) >= 11 is 0. The molecule has 2 aromatic rings. The SMILES string of the molecule is CCOc1ccc(/C=C(\C#N)C(=O)NCc2ccc3c(c2)OCO3)cc1OC. The van der Waals surface area contributed by atoms with E-state index in [4.69, 9.17) is 18.9 Å². The van der Waals surface area contributed by atoms with Gasteiger partial charge in [0.15, 0.2) is 23.0 Å². The van der Waals surface area contributed by atoms with Crippen molar-refractivity contribution in [2.75, 3.05) is 20.5 Å². The van der Waals surface area contributed by atoms with Gasteiger partial charge in [0, 0.05) is 6.54 Å². The van der Waals surface area contributed by atoms with E-state index < -0.39 is 5.91 Å². The van der Waals surface area contributed by atoms with Gasteiger partial charge in [-0.15, -0.1) is 0 Å². The van der Waals surface area contributed by atoms with Gasteiger partial charge in [-0.3, -0.25) is 4.79 Å². The first-order valence-electron chi connectivity index (χ1n) is 8.74. The van der Waals surface area contributed by atoms with E-state index in [-0.39, 0.29) is 18.9 Å². The minimum atomic E-state index is -0.465. The van der Waals surface area contributed by atoms with Crippen LogP contribution in [0.4, 0.5) is 0 Å². The van der Waals surface area contributed by atoms with Crippen LogP contribution in [0.15, 0.2) is 42.0 Å². The molecule has 0 fully saturated rings. The topological polar surface area (TPSA) is 89.8 Å². The van der Waals surface area contributed by atoms with Crippen molar-refractivity contribution < 1.29 is 23.7 Å². The maximum Gasteiger partial charge on any atom is 0.262 e. The largest absolute Gasteiger partial charge is 0.493 e. The van der Waals surface area contributed by atoms with Gasteiger partial charge in [0.2, 0.25) is 6.79 Å². The number of rotatable bonds is 7. The van der Waals surface area contributed by atoms with Gasteiger partial charge >= 0.3 is 0 Å². The zero-order chi connectivity index (χ0) is 19.9. The van der Waals surface area contributed by atoms with Gasteiger partial charge < -0.3 is 24.3 Å². The van der Waals surface area contributed by atoms with Crippen LogP contribution in [-0.4, -0.2) is 26.4 Å². The van der Waals surface area contributed by atoms with E-state index in [9.17, 15) is 10.1 Å². The lowest BCUT2D eigenvalue weighted by Gasteiger charge is -2.10. The first kappa shape index (κ1) is 19.1. The molecule has 7 heteroatoms. The van der Waals surface area contributed by atoms with E-state index in [0.29, 0.717) is 35.2 Å². The molecule has 0 aromatic heterocycles. The monoisotopic (exact) mass is 380 g/mol. The number of nitriles is 1. The molecule has 28 heavy (non-hydrogen) atoms. The number of fused-ring (bicyclic) bond motifs is 1. The van der Waals surface area contributed by atoms with Crippen molar-refractivity contribution in [1.29, 1.82) is 5.26 Å². The second-order valence-corrected chi connectivity index (χ2v) is 5.88. The summed E-state index contributed by atoms with van der Waals surface area (Å²) in [7, 11) is 1.54. The second-order valence-electron chi connectivity index (χ2n) is 5.88. The molecule has 7 nitrogen and oxygen atoms in total. The molecule has 0 bridgehead atoms. The predicted octanol–water partition coefficient (Wildman–Crippen LogP) is 3.05. The highest BCUT2D eigenvalue weighted by Crippen LogP contribution is 2.32. The van der Waals surface area contributed by atoms with Gasteiger partial charge in [0.25, 0.3) is 5.91 Å². The van der Waals surface area contributed by atoms with Crippen molar-refractivity contribution in [3.8, 4) is 29.1 Å². The fraction of sp³-hybridized carbons (Fsp3) is 0.238. The number of hydrogen-bond donors (Lipinski definition) is 1. The van der Waals surface area contributed by atoms with Gasteiger partial charge in [0.1, 0.15) is 11.6 Å². The molecular formula is C21H20N2O5. The molecule has 3 rings (SSSR count). The van der Waals surface area contributed by atoms with Crippen molar-refractivity contribution in [2.24, 2.45) is 0 Å². The van der Waals surface area contributed by atoms with Crippen LogP contribution in [0.5, 0.6) is 23.0 Å². The minimum absolute atomic E-state index is 0.00745. The van der Waals surface area contributed by atoms with Gasteiger partial charge in [-0.25, -0.2) is 0 Å². The van der Waals surface area contributed by atoms with Crippen LogP contribution in [0.1, 0.15) is 18.1 Å². The normalized spacial score (nSPS) is 12.2. The number of carbonyl (C=O) groups is 1. The standard InChI is InChI=1S/C21H20N2O5/c1-3-26-17-6-4-14(9-19(17)25-2)8-16(11-22)21(24)23-12-15-5-7-18-20(10-15)28-13-27-18/h4-10H,3,12-13H2,1-2H3,(H,23,24)/b16-8+. The van der Waals surface area contributed by atoms with Gasteiger partial charge in [0.05, 0.1) is 13.7 Å². The Labute approximate surface area is 163 Å². The first-order chi connectivity index (χ1) is 13.6. The average molecular weight is 380 g/mol. The summed E-state index contributed by atoms with van der Waals surface area (Å²) in [6, 6.07) is 12.6. The van der Waals surface area contributed by atoms with E-state index >= 15 is 0 Å². The van der Waals surface area contributed by atoms with Crippen molar-refractivity contribution in [3.63, 3.8) is 0 Å². The van der Waals surface area contributed by atoms with E-state index in [1.54, 1.807) is 30.3 Å². The second kappa shape index (κ2) is 8.82. The Bertz CT molecular complexity index is 946. The summed E-state index contributed by atoms with van der Waals surface area (Å²) in [4.78, 5) is 12.4. The fourth-order valence-electron chi connectivity index (χ4n) is 2.69. The zero-order valence-electron chi connectivity index (χ0n) is 15.7. The van der Waals surface area contributed by atoms with E-state index in [1.807, 2.05) is 19.1 Å². The molecule has 0 atom stereocenters. The van der Waals surface area contributed by atoms with E-state index in [1.165, 1.54) is 13.2 Å². The third kappa shape index (κ3) is 4.35. The fourth-order valence-corrected chi connectivity index (χ4v) is 2.69. The van der Waals surface area contributed by atoms with E-state index in [0.717, 1.165) is 5.56 Å². The number of benzene rings is 2. The Morgan fingerprint density at radius 1 is 1.21 bits per heavy atom. The summed E-state index contributed by atoms with van der Waals surface area (Å²) in [5.74, 6) is 2.00. The lowest BCUT2D eigenvalue weighted by molar-refractivity contribution is -0.117. The Kier molecular flexibility index (Phi) is 6.02. The van der Waals surface area contributed by atoms with Crippen LogP contribution in [-0.2, 0) is 11.3 Å². The van der Waals surface area contributed by atoms with Crippen LogP contribution in [0.3, 0.4) is 0 Å². The number of carbonyl (C=O) groups excluding carboxylic acids is 1. The molecule has 2 aromatic carbocycles. The first-order valence-corrected chi connectivity index (χ1v) is 8.74. The Morgan fingerprint density at radius 3 is 2.79 bits per heavy atom. The summed E-state index contributed by atoms with van der Waals surface area (Å²) in [5.41, 5.74) is 1.50. The lowest BCUT2D eigenvalue weighted by Crippen LogP contribution is -2.23. The summed E-state index contributed by atoms with van der Waals surface area (Å²) in [5, 5.41) is 12.1. The van der Waals surface area contributed by atoms with Crippen LogP contribution in [0.2, 0.25) is 0 Å². The molecule has 1 aliphatic heterocycles. The number of methoxy groups -OCH3 is 1. The lowest BCUT2D eigenvalue weighted by atomic mass is 10.1. The van der Waals surface area contributed by atoms with Crippen LogP contribution in [0.25, 0.3) is 6.08 Å². The Hall–Kier alpha value is -3.66. The third-order valence-corrected chi connectivity index (χ3v) is 4.05. The Balaban J connectivity index is 1.70. The van der Waals surface area contributed by atoms with Crippen LogP contribution in [0, 0.1) is 11.3 Å². The Morgan fingerprint density at radius 2 is 2.04 bits per heavy atom. The predicted molar refractivity (Wildman–Crippen MR) is 102 cm³/mol. The molecule has 0 unspecified atom stereocenters. The van der Waals surface area contributed by atoms with Gasteiger partial charge in [-0.05, 0) is 48.4 Å². The molecule has 144 valence electrons. The molecule has 1 N–H and O–H groups in total. The minimum Gasteiger partial charge on any atom is -0.493 e. The quantitative estimate of drug-likeness (QED) is 0.587. The summed E-state index contributed by atoms with van der Waals surface area (Å²) in [6.45, 7) is 2.85. The third-order valence-electron chi connectivity index (χ3n) is 4.05. The molecular weight excluding hydrogens is 360 g/mol. The molecule has 0 aliphatic carbocycles. The summed E-state index contributed by atoms with van der Waals surface area (Å²) < 4.78 is 21.4. The molecule has 0 spiro atoms. The number of nitrogens with zero attached hydrogens (tertiary/aromatic N) is 1. The highest BCUT2D eigenvalue weighted by atomic mass is 16.7. The van der Waals surface area contributed by atoms with Crippen molar-refractivity contribution in [3.05, 3.63) is 53.1 Å². The smallest absolute Gasteiger partial charge is 0.262 e. The number of nitrogens with one attached hydrogen (secondary N) is 1. The van der Waals surface area contributed by atoms with Crippen LogP contribution >= 0.6 is 0 Å². The maximum atomic E-state index is 12.4.